The van der Waals surface area contributed by atoms with E-state index in [0.29, 0.717) is 39.3 Å². The molecule has 0 aliphatic carbocycles. The van der Waals surface area contributed by atoms with Crippen molar-refractivity contribution in [2.24, 2.45) is 0 Å². The molecule has 1 aliphatic rings. The summed E-state index contributed by atoms with van der Waals surface area (Å²) in [6, 6.07) is 9.76. The largest absolute Gasteiger partial charge is 0.497 e. The van der Waals surface area contributed by atoms with E-state index in [0.717, 1.165) is 0 Å². The lowest BCUT2D eigenvalue weighted by atomic mass is 10.1. The summed E-state index contributed by atoms with van der Waals surface area (Å²) < 4.78 is 16.7. The molecule has 0 saturated carbocycles. The number of hydrogen-bond donors (Lipinski definition) is 0. The smallest absolute Gasteiger partial charge is 0.343 e. The van der Waals surface area contributed by atoms with E-state index >= 15 is 0 Å². The molecule has 0 N–H and O–H groups in total. The first kappa shape index (κ1) is 23.8. The van der Waals surface area contributed by atoms with E-state index in [1.165, 1.54) is 16.7 Å². The number of thiocarbonyl (C=S) groups is 1. The Bertz CT molecular complexity index is 1100. The van der Waals surface area contributed by atoms with Crippen LogP contribution in [0.2, 0.25) is 5.02 Å². The number of esters is 1. The van der Waals surface area contributed by atoms with E-state index in [1.54, 1.807) is 62.6 Å². The molecule has 0 unspecified atom stereocenters. The van der Waals surface area contributed by atoms with Crippen LogP contribution >= 0.6 is 35.6 Å². The summed E-state index contributed by atoms with van der Waals surface area (Å²) in [6.07, 6.45) is 3.29. The van der Waals surface area contributed by atoms with E-state index in [9.17, 15) is 9.59 Å². The van der Waals surface area contributed by atoms with Crippen LogP contribution in [0.15, 0.2) is 54.0 Å². The van der Waals surface area contributed by atoms with Crippen molar-refractivity contribution in [3.05, 3.63) is 70.1 Å². The molecule has 0 bridgehead atoms. The molecule has 3 rings (SSSR count). The minimum Gasteiger partial charge on any atom is -0.497 e. The molecule has 2 aromatic rings. The van der Waals surface area contributed by atoms with E-state index in [1.807, 2.05) is 0 Å². The summed E-state index contributed by atoms with van der Waals surface area (Å²) in [5.41, 5.74) is 0.945. The van der Waals surface area contributed by atoms with Gasteiger partial charge in [0.15, 0.2) is 11.5 Å². The standard InChI is InChI=1S/C23H20ClNO5S2/c1-4-10-25-21(26)19(32-23(25)31)13-14-11-17(24)20(18(12-14)29-5-2)30-22(27)15-6-8-16(28-3)9-7-15/h4,6-9,11-13H,1,5,10H2,2-3H3/b19-13+. The summed E-state index contributed by atoms with van der Waals surface area (Å²) in [6.45, 7) is 6.12. The highest BCUT2D eigenvalue weighted by Gasteiger charge is 2.31. The average molecular weight is 490 g/mol. The lowest BCUT2D eigenvalue weighted by Gasteiger charge is -2.14. The second-order valence-electron chi connectivity index (χ2n) is 6.46. The normalized spacial score (nSPS) is 14.6. The highest BCUT2D eigenvalue weighted by molar-refractivity contribution is 8.26. The number of nitrogens with zero attached hydrogens (tertiary/aromatic N) is 1. The van der Waals surface area contributed by atoms with Gasteiger partial charge in [-0.05, 0) is 55.0 Å². The van der Waals surface area contributed by atoms with Gasteiger partial charge < -0.3 is 14.2 Å². The van der Waals surface area contributed by atoms with Crippen molar-refractivity contribution in [1.29, 1.82) is 0 Å². The zero-order valence-corrected chi connectivity index (χ0v) is 19.8. The highest BCUT2D eigenvalue weighted by atomic mass is 35.5. The maximum atomic E-state index is 12.6. The topological polar surface area (TPSA) is 65.1 Å². The van der Waals surface area contributed by atoms with Crippen LogP contribution in [0.5, 0.6) is 17.2 Å². The molecule has 1 amide bonds. The molecule has 0 atom stereocenters. The lowest BCUT2D eigenvalue weighted by Crippen LogP contribution is -2.27. The van der Waals surface area contributed by atoms with Crippen molar-refractivity contribution in [2.75, 3.05) is 20.3 Å². The zero-order valence-electron chi connectivity index (χ0n) is 17.4. The molecule has 0 aromatic heterocycles. The van der Waals surface area contributed by atoms with Crippen molar-refractivity contribution < 1.29 is 23.8 Å². The van der Waals surface area contributed by atoms with Crippen molar-refractivity contribution in [2.45, 2.75) is 6.92 Å². The summed E-state index contributed by atoms with van der Waals surface area (Å²) in [7, 11) is 1.54. The monoisotopic (exact) mass is 489 g/mol. The Morgan fingerprint density at radius 1 is 1.28 bits per heavy atom. The fourth-order valence-electron chi connectivity index (χ4n) is 2.85. The molecule has 32 heavy (non-hydrogen) atoms. The second kappa shape index (κ2) is 10.7. The fourth-order valence-corrected chi connectivity index (χ4v) is 4.38. The third-order valence-corrected chi connectivity index (χ3v) is 5.99. The molecule has 9 heteroatoms. The van der Waals surface area contributed by atoms with Crippen LogP contribution < -0.4 is 14.2 Å². The number of carbonyl (C=O) groups is 2. The van der Waals surface area contributed by atoms with Crippen molar-refractivity contribution in [1.82, 2.24) is 4.90 Å². The summed E-state index contributed by atoms with van der Waals surface area (Å²) in [4.78, 5) is 27.1. The maximum Gasteiger partial charge on any atom is 0.343 e. The number of ether oxygens (including phenoxy) is 3. The summed E-state index contributed by atoms with van der Waals surface area (Å²) in [5.74, 6) is 0.218. The van der Waals surface area contributed by atoms with Gasteiger partial charge in [0.1, 0.15) is 10.1 Å². The number of benzene rings is 2. The van der Waals surface area contributed by atoms with Gasteiger partial charge in [-0.1, -0.05) is 41.7 Å². The molecule has 2 aromatic carbocycles. The van der Waals surface area contributed by atoms with Gasteiger partial charge in [0.25, 0.3) is 5.91 Å². The van der Waals surface area contributed by atoms with Crippen LogP contribution in [-0.4, -0.2) is 41.4 Å². The van der Waals surface area contributed by atoms with Gasteiger partial charge in [0.05, 0.1) is 29.2 Å². The van der Waals surface area contributed by atoms with Gasteiger partial charge in [0, 0.05) is 6.54 Å². The van der Waals surface area contributed by atoms with Gasteiger partial charge in [0.2, 0.25) is 0 Å². The molecule has 6 nitrogen and oxygen atoms in total. The minimum absolute atomic E-state index is 0.102. The van der Waals surface area contributed by atoms with E-state index in [-0.39, 0.29) is 22.4 Å². The molecule has 166 valence electrons. The zero-order chi connectivity index (χ0) is 23.3. The summed E-state index contributed by atoms with van der Waals surface area (Å²) in [5, 5.41) is 0.172. The first-order chi connectivity index (χ1) is 15.4. The number of rotatable bonds is 8. The number of hydrogen-bond acceptors (Lipinski definition) is 7. The Labute approximate surface area is 200 Å². The maximum absolute atomic E-state index is 12.6. The Hall–Kier alpha value is -2.81. The highest BCUT2D eigenvalue weighted by Crippen LogP contribution is 2.39. The number of halogens is 1. The Morgan fingerprint density at radius 3 is 2.62 bits per heavy atom. The molecule has 0 radical (unpaired) electrons. The molecule has 1 heterocycles. The van der Waals surface area contributed by atoms with Crippen molar-refractivity contribution in [3.8, 4) is 17.2 Å². The number of carbonyl (C=O) groups excluding carboxylic acids is 2. The molecule has 1 fully saturated rings. The molecule has 1 aliphatic heterocycles. The summed E-state index contributed by atoms with van der Waals surface area (Å²) >= 11 is 12.9. The van der Waals surface area contributed by atoms with Gasteiger partial charge in [-0.2, -0.15) is 0 Å². The van der Waals surface area contributed by atoms with Crippen molar-refractivity contribution >= 4 is 57.9 Å². The third kappa shape index (κ3) is 5.32. The first-order valence-corrected chi connectivity index (χ1v) is 11.2. The third-order valence-electron chi connectivity index (χ3n) is 4.34. The Kier molecular flexibility index (Phi) is 7.95. The van der Waals surface area contributed by atoms with Gasteiger partial charge in [-0.25, -0.2) is 4.79 Å². The number of methoxy groups -OCH3 is 1. The van der Waals surface area contributed by atoms with E-state index < -0.39 is 5.97 Å². The predicted molar refractivity (Wildman–Crippen MR) is 131 cm³/mol. The van der Waals surface area contributed by atoms with Crippen LogP contribution in [0.4, 0.5) is 0 Å². The van der Waals surface area contributed by atoms with Crippen LogP contribution in [0.1, 0.15) is 22.8 Å². The Morgan fingerprint density at radius 2 is 2.00 bits per heavy atom. The van der Waals surface area contributed by atoms with Gasteiger partial charge in [-0.3, -0.25) is 9.69 Å². The SMILES string of the molecule is C=CCN1C(=O)/C(=C\c2cc(Cl)c(OC(=O)c3ccc(OC)cc3)c(OCC)c2)SC1=S. The van der Waals surface area contributed by atoms with Gasteiger partial charge >= 0.3 is 5.97 Å². The number of thioether (sulfide) groups is 1. The predicted octanol–water partition coefficient (Wildman–Crippen LogP) is 5.35. The van der Waals surface area contributed by atoms with Crippen LogP contribution in [0, 0.1) is 0 Å². The first-order valence-electron chi connectivity index (χ1n) is 9.56. The van der Waals surface area contributed by atoms with E-state index in [2.05, 4.69) is 6.58 Å². The van der Waals surface area contributed by atoms with Crippen molar-refractivity contribution in [3.63, 3.8) is 0 Å². The van der Waals surface area contributed by atoms with Crippen LogP contribution in [0.25, 0.3) is 6.08 Å². The number of amides is 1. The molecular weight excluding hydrogens is 470 g/mol. The molecule has 0 spiro atoms. The minimum atomic E-state index is -0.589. The van der Waals surface area contributed by atoms with Gasteiger partial charge in [-0.15, -0.1) is 6.58 Å². The Balaban J connectivity index is 1.89. The lowest BCUT2D eigenvalue weighted by molar-refractivity contribution is -0.121. The molecule has 1 saturated heterocycles. The quantitative estimate of drug-likeness (QED) is 0.163. The van der Waals surface area contributed by atoms with E-state index in [4.69, 9.17) is 38.0 Å². The van der Waals surface area contributed by atoms with Crippen LogP contribution in [-0.2, 0) is 4.79 Å². The van der Waals surface area contributed by atoms with Crippen LogP contribution in [0.3, 0.4) is 0 Å². The fraction of sp³-hybridized carbons (Fsp3) is 0.174. The average Bonchev–Trinajstić information content (AvgIpc) is 3.04. The second-order valence-corrected chi connectivity index (χ2v) is 8.54. The molecular formula is C23H20ClNO5S2.